The van der Waals surface area contributed by atoms with E-state index in [1.54, 1.807) is 0 Å². The maximum atomic E-state index is 10.6. The lowest BCUT2D eigenvalue weighted by molar-refractivity contribution is -0.144. The van der Waals surface area contributed by atoms with E-state index in [2.05, 4.69) is 0 Å². The molecule has 0 saturated carbocycles. The van der Waals surface area contributed by atoms with Gasteiger partial charge in [0.05, 0.1) is 5.92 Å². The van der Waals surface area contributed by atoms with Crippen LogP contribution in [0.3, 0.4) is 0 Å². The first kappa shape index (κ1) is 10.9. The number of rotatable bonds is 5. The van der Waals surface area contributed by atoms with E-state index >= 15 is 0 Å². The van der Waals surface area contributed by atoms with Crippen molar-refractivity contribution in [1.29, 1.82) is 0 Å². The third kappa shape index (κ3) is 4.71. The second-order valence-electron chi connectivity index (χ2n) is 3.34. The van der Waals surface area contributed by atoms with Crippen LogP contribution >= 0.6 is 0 Å². The van der Waals surface area contributed by atoms with Gasteiger partial charge in [-0.1, -0.05) is 13.8 Å². The van der Waals surface area contributed by atoms with Crippen LogP contribution in [0.1, 0.15) is 26.7 Å². The molecule has 0 radical (unpaired) electrons. The van der Waals surface area contributed by atoms with E-state index in [1.165, 1.54) is 0 Å². The zero-order chi connectivity index (χ0) is 9.72. The van der Waals surface area contributed by atoms with Gasteiger partial charge in [0.15, 0.2) is 0 Å². The number of carboxylic acids is 1. The number of amides is 1. The first-order chi connectivity index (χ1) is 5.43. The van der Waals surface area contributed by atoms with Crippen molar-refractivity contribution in [3.63, 3.8) is 0 Å². The van der Waals surface area contributed by atoms with Crippen LogP contribution in [0.4, 0.5) is 0 Å². The maximum Gasteiger partial charge on any atom is 0.307 e. The average molecular weight is 173 g/mol. The minimum Gasteiger partial charge on any atom is -0.481 e. The summed E-state index contributed by atoms with van der Waals surface area (Å²) in [6, 6.07) is 0. The van der Waals surface area contributed by atoms with Gasteiger partial charge in [0.25, 0.3) is 0 Å². The Morgan fingerprint density at radius 2 is 1.92 bits per heavy atom. The highest BCUT2D eigenvalue weighted by Crippen LogP contribution is 2.14. The number of aliphatic carboxylic acids is 1. The Morgan fingerprint density at radius 1 is 1.42 bits per heavy atom. The second kappa shape index (κ2) is 4.74. The molecule has 4 heteroatoms. The molecule has 0 fully saturated rings. The average Bonchev–Trinajstić information content (AvgIpc) is 1.83. The Hall–Kier alpha value is -1.06. The van der Waals surface area contributed by atoms with E-state index in [-0.39, 0.29) is 12.3 Å². The lowest BCUT2D eigenvalue weighted by Gasteiger charge is -2.11. The standard InChI is InChI=1S/C8H15NO3/c1-5(2)3-6(8(11)12)4-7(9)10/h5-6H,3-4H2,1-2H3,(H2,9,10)(H,11,12). The van der Waals surface area contributed by atoms with Crippen LogP contribution < -0.4 is 5.73 Å². The molecule has 3 N–H and O–H groups in total. The summed E-state index contributed by atoms with van der Waals surface area (Å²) in [5, 5.41) is 8.66. The number of carbonyl (C=O) groups excluding carboxylic acids is 1. The normalized spacial score (nSPS) is 12.9. The minimum atomic E-state index is -0.942. The number of primary amides is 1. The van der Waals surface area contributed by atoms with Crippen molar-refractivity contribution in [2.45, 2.75) is 26.7 Å². The highest BCUT2D eigenvalue weighted by molar-refractivity contribution is 5.80. The van der Waals surface area contributed by atoms with Crippen molar-refractivity contribution in [2.24, 2.45) is 17.6 Å². The fourth-order valence-corrected chi connectivity index (χ4v) is 1.08. The molecule has 0 aliphatic carbocycles. The summed E-state index contributed by atoms with van der Waals surface area (Å²) >= 11 is 0. The summed E-state index contributed by atoms with van der Waals surface area (Å²) in [6.45, 7) is 3.83. The van der Waals surface area contributed by atoms with Crippen molar-refractivity contribution >= 4 is 11.9 Å². The van der Waals surface area contributed by atoms with E-state index in [4.69, 9.17) is 10.8 Å². The molecular formula is C8H15NO3. The molecule has 1 atom stereocenters. The van der Waals surface area contributed by atoms with Crippen LogP contribution in [0.2, 0.25) is 0 Å². The van der Waals surface area contributed by atoms with Gasteiger partial charge in [-0.25, -0.2) is 0 Å². The molecule has 0 bridgehead atoms. The Bertz CT molecular complexity index is 177. The fourth-order valence-electron chi connectivity index (χ4n) is 1.08. The van der Waals surface area contributed by atoms with Crippen molar-refractivity contribution in [1.82, 2.24) is 0 Å². The molecule has 0 aromatic heterocycles. The van der Waals surface area contributed by atoms with Gasteiger partial charge in [0.1, 0.15) is 0 Å². The van der Waals surface area contributed by atoms with Crippen LogP contribution in [0.5, 0.6) is 0 Å². The van der Waals surface area contributed by atoms with Crippen LogP contribution in [-0.4, -0.2) is 17.0 Å². The zero-order valence-corrected chi connectivity index (χ0v) is 7.41. The molecule has 0 aliphatic rings. The van der Waals surface area contributed by atoms with E-state index in [0.717, 1.165) is 0 Å². The third-order valence-electron chi connectivity index (χ3n) is 1.55. The molecule has 70 valence electrons. The van der Waals surface area contributed by atoms with Crippen LogP contribution in [0.25, 0.3) is 0 Å². The topological polar surface area (TPSA) is 80.4 Å². The van der Waals surface area contributed by atoms with Gasteiger partial charge in [-0.15, -0.1) is 0 Å². The Morgan fingerprint density at radius 3 is 2.17 bits per heavy atom. The Labute approximate surface area is 71.8 Å². The Kier molecular flexibility index (Phi) is 4.33. The van der Waals surface area contributed by atoms with Gasteiger partial charge in [-0.3, -0.25) is 9.59 Å². The van der Waals surface area contributed by atoms with Crippen LogP contribution in [0, 0.1) is 11.8 Å². The number of carboxylic acid groups (broad SMARTS) is 1. The van der Waals surface area contributed by atoms with Crippen LogP contribution in [0.15, 0.2) is 0 Å². The number of hydrogen-bond donors (Lipinski definition) is 2. The molecular weight excluding hydrogens is 158 g/mol. The van der Waals surface area contributed by atoms with E-state index in [9.17, 15) is 9.59 Å². The van der Waals surface area contributed by atoms with Gasteiger partial charge >= 0.3 is 5.97 Å². The number of carbonyl (C=O) groups is 2. The maximum absolute atomic E-state index is 10.6. The van der Waals surface area contributed by atoms with Crippen molar-refractivity contribution in [2.75, 3.05) is 0 Å². The first-order valence-corrected chi connectivity index (χ1v) is 3.94. The van der Waals surface area contributed by atoms with Gasteiger partial charge in [-0.05, 0) is 12.3 Å². The summed E-state index contributed by atoms with van der Waals surface area (Å²) in [6.07, 6.45) is 0.436. The molecule has 0 aliphatic heterocycles. The van der Waals surface area contributed by atoms with E-state index < -0.39 is 17.8 Å². The lowest BCUT2D eigenvalue weighted by Crippen LogP contribution is -2.23. The summed E-state index contributed by atoms with van der Waals surface area (Å²) in [5.41, 5.74) is 4.90. The predicted molar refractivity (Wildman–Crippen MR) is 44.4 cm³/mol. The summed E-state index contributed by atoms with van der Waals surface area (Å²) in [4.78, 5) is 21.0. The number of hydrogen-bond acceptors (Lipinski definition) is 2. The van der Waals surface area contributed by atoms with Crippen molar-refractivity contribution < 1.29 is 14.7 Å². The predicted octanol–water partition coefficient (Wildman–Crippen LogP) is 0.609. The Balaban J connectivity index is 4.04. The summed E-state index contributed by atoms with van der Waals surface area (Å²) in [7, 11) is 0. The van der Waals surface area contributed by atoms with Crippen molar-refractivity contribution in [3.05, 3.63) is 0 Å². The first-order valence-electron chi connectivity index (χ1n) is 3.94. The largest absolute Gasteiger partial charge is 0.481 e. The van der Waals surface area contributed by atoms with Crippen LogP contribution in [-0.2, 0) is 9.59 Å². The van der Waals surface area contributed by atoms with E-state index in [0.29, 0.717) is 6.42 Å². The lowest BCUT2D eigenvalue weighted by atomic mass is 9.94. The molecule has 0 saturated heterocycles. The smallest absolute Gasteiger partial charge is 0.307 e. The van der Waals surface area contributed by atoms with Crippen molar-refractivity contribution in [3.8, 4) is 0 Å². The minimum absolute atomic E-state index is 0.0620. The molecule has 0 rings (SSSR count). The van der Waals surface area contributed by atoms with Gasteiger partial charge in [-0.2, -0.15) is 0 Å². The molecule has 1 amide bonds. The van der Waals surface area contributed by atoms with Gasteiger partial charge in [0, 0.05) is 6.42 Å². The third-order valence-corrected chi connectivity index (χ3v) is 1.55. The molecule has 0 aromatic carbocycles. The van der Waals surface area contributed by atoms with E-state index in [1.807, 2.05) is 13.8 Å². The molecule has 1 unspecified atom stereocenters. The van der Waals surface area contributed by atoms with Gasteiger partial charge < -0.3 is 10.8 Å². The molecule has 0 spiro atoms. The SMILES string of the molecule is CC(C)CC(CC(N)=O)C(=O)O. The monoisotopic (exact) mass is 173 g/mol. The molecule has 0 aromatic rings. The quantitative estimate of drug-likeness (QED) is 0.639. The van der Waals surface area contributed by atoms with Gasteiger partial charge in [0.2, 0.25) is 5.91 Å². The molecule has 12 heavy (non-hydrogen) atoms. The zero-order valence-electron chi connectivity index (χ0n) is 7.41. The second-order valence-corrected chi connectivity index (χ2v) is 3.34. The summed E-state index contributed by atoms with van der Waals surface area (Å²) in [5.74, 6) is -1.85. The summed E-state index contributed by atoms with van der Waals surface area (Å²) < 4.78 is 0. The molecule has 0 heterocycles. The highest BCUT2D eigenvalue weighted by Gasteiger charge is 2.20. The fraction of sp³-hybridized carbons (Fsp3) is 0.750. The highest BCUT2D eigenvalue weighted by atomic mass is 16.4. The molecule has 4 nitrogen and oxygen atoms in total. The number of nitrogens with two attached hydrogens (primary N) is 1.